The summed E-state index contributed by atoms with van der Waals surface area (Å²) in [5.41, 5.74) is 0. The average molecular weight is 456 g/mol. The van der Waals surface area contributed by atoms with Gasteiger partial charge in [0.1, 0.15) is 0 Å². The fourth-order valence-corrected chi connectivity index (χ4v) is 8.65. The molecule has 0 aromatic rings. The topological polar surface area (TPSA) is 481 Å². The van der Waals surface area contributed by atoms with Gasteiger partial charge in [0, 0.05) is 0 Å². The molecule has 1 rings (SSSR count). The lowest BCUT2D eigenvalue weighted by Crippen LogP contribution is -2.44. The van der Waals surface area contributed by atoms with Crippen LogP contribution >= 0.6 is 30.7 Å². The van der Waals surface area contributed by atoms with Crippen molar-refractivity contribution in [3.63, 3.8) is 0 Å². The lowest BCUT2D eigenvalue weighted by atomic mass is 13.8. The lowest BCUT2D eigenvalue weighted by Gasteiger charge is -2.45. The summed E-state index contributed by atoms with van der Waals surface area (Å²) in [6, 6.07) is 0. The van der Waals surface area contributed by atoms with Crippen LogP contribution < -0.4 is 63.6 Å². The lowest BCUT2D eigenvalue weighted by molar-refractivity contribution is -0.201. The van der Waals surface area contributed by atoms with Crippen LogP contribution in [0.25, 0.3) is 0 Å². The monoisotopic (exact) mass is 456 g/mol. The molecule has 0 aromatic heterocycles. The van der Waals surface area contributed by atoms with Crippen molar-refractivity contribution in [2.45, 2.75) is 0 Å². The van der Waals surface area contributed by atoms with Crippen molar-refractivity contribution < 1.29 is 59.7 Å². The molecule has 160 valence electrons. The van der Waals surface area contributed by atoms with Gasteiger partial charge in [-0.05, 0) is 0 Å². The molecule has 0 aromatic carbocycles. The first kappa shape index (κ1) is 49.6. The second-order valence-electron chi connectivity index (χ2n) is 2.61. The largest absolute Gasteiger partial charge is 0.775 e. The van der Waals surface area contributed by atoms with E-state index in [0.717, 1.165) is 19.4 Å². The zero-order valence-electron chi connectivity index (χ0n) is 13.1. The minimum absolute atomic E-state index is 0. The molecule has 1 aliphatic heterocycles. The Morgan fingerprint density at radius 2 is 0.500 bits per heavy atom. The predicted octanol–water partition coefficient (Wildman–Crippen LogP) is -5.56. The SMILES string of the molecule is O.O.O.O.O=P1([O-])NP(=O)([O-])NP(=O)([O-])NP(=O)([O-])N1.[NH4+].[NH4+].[NH4+].[NH4+]. The van der Waals surface area contributed by atoms with Crippen molar-refractivity contribution >= 4 is 30.7 Å². The molecule has 0 spiro atoms. The highest BCUT2D eigenvalue weighted by Gasteiger charge is 2.29. The third-order valence-electron chi connectivity index (χ3n) is 1.05. The summed E-state index contributed by atoms with van der Waals surface area (Å²) < 4.78 is 43.4. The van der Waals surface area contributed by atoms with Crippen LogP contribution in [0.15, 0.2) is 0 Å². The molecule has 1 heterocycles. The third kappa shape index (κ3) is 17.1. The quantitative estimate of drug-likeness (QED) is 0.158. The van der Waals surface area contributed by atoms with Gasteiger partial charge in [-0.1, -0.05) is 0 Å². The van der Waals surface area contributed by atoms with Crippen LogP contribution in [0.3, 0.4) is 0 Å². The average Bonchev–Trinajstić information content (AvgIpc) is 1.67. The van der Waals surface area contributed by atoms with Gasteiger partial charge in [0.2, 0.25) is 0 Å². The molecule has 0 amide bonds. The van der Waals surface area contributed by atoms with E-state index in [9.17, 15) is 37.8 Å². The molecule has 1 fully saturated rings. The molecular weight excluding hydrogens is 428 g/mol. The zero-order chi connectivity index (χ0) is 12.8. The first-order valence-corrected chi connectivity index (χ1v) is 9.75. The summed E-state index contributed by atoms with van der Waals surface area (Å²) in [5.74, 6) is 0. The Kier molecular flexibility index (Phi) is 29.9. The molecule has 24 heteroatoms. The van der Waals surface area contributed by atoms with E-state index in [2.05, 4.69) is 0 Å². The van der Waals surface area contributed by atoms with Gasteiger partial charge in [-0.2, -0.15) is 0 Å². The summed E-state index contributed by atoms with van der Waals surface area (Å²) in [6.07, 6.45) is 0. The molecule has 28 N–H and O–H groups in total. The van der Waals surface area contributed by atoms with E-state index in [0.29, 0.717) is 0 Å². The van der Waals surface area contributed by atoms with Gasteiger partial charge in [-0.15, -0.1) is 0 Å². The van der Waals surface area contributed by atoms with Crippen LogP contribution in [0.5, 0.6) is 0 Å². The summed E-state index contributed by atoms with van der Waals surface area (Å²) in [4.78, 5) is 46.8. The number of hydrogen-bond donors (Lipinski definition) is 8. The molecule has 24 heavy (non-hydrogen) atoms. The van der Waals surface area contributed by atoms with E-state index in [1.165, 1.54) is 0 Å². The minimum Gasteiger partial charge on any atom is -0.775 e. The maximum absolute atomic E-state index is 10.9. The fourth-order valence-electron chi connectivity index (χ4n) is 0.783. The molecule has 1 saturated heterocycles. The minimum atomic E-state index is -5.24. The van der Waals surface area contributed by atoms with E-state index < -0.39 is 30.7 Å². The first-order valence-electron chi connectivity index (χ1n) is 3.25. The van der Waals surface area contributed by atoms with E-state index in [1.54, 1.807) is 0 Å². The van der Waals surface area contributed by atoms with Gasteiger partial charge < -0.3 is 84.3 Å². The van der Waals surface area contributed by atoms with E-state index in [-0.39, 0.29) is 46.5 Å². The number of hydrogen-bond acceptors (Lipinski definition) is 8. The zero-order valence-corrected chi connectivity index (χ0v) is 16.6. The van der Waals surface area contributed by atoms with Gasteiger partial charge in [-0.25, -0.2) is 19.4 Å². The molecule has 0 bridgehead atoms. The second-order valence-corrected chi connectivity index (χ2v) is 10.2. The molecule has 0 atom stereocenters. The predicted molar refractivity (Wildman–Crippen MR) is 81.4 cm³/mol. The molecule has 0 unspecified atom stereocenters. The highest BCUT2D eigenvalue weighted by atomic mass is 31.3. The van der Waals surface area contributed by atoms with Crippen LogP contribution in [0, 0.1) is 0 Å². The number of quaternary nitrogens is 4. The van der Waals surface area contributed by atoms with Crippen LogP contribution in [0.2, 0.25) is 0 Å². The van der Waals surface area contributed by atoms with Crippen LogP contribution in [-0.2, 0) is 18.3 Å². The molecule has 0 saturated carbocycles. The maximum Gasteiger partial charge on any atom is 0.155 e. The summed E-state index contributed by atoms with van der Waals surface area (Å²) in [6.45, 7) is 0. The Balaban J connectivity index is -0.0000000533. The van der Waals surface area contributed by atoms with Crippen LogP contribution in [0.4, 0.5) is 0 Å². The van der Waals surface area contributed by atoms with E-state index >= 15 is 0 Å². The van der Waals surface area contributed by atoms with Crippen molar-refractivity contribution in [3.8, 4) is 0 Å². The normalized spacial score (nSPS) is 36.8. The maximum atomic E-state index is 10.9. The van der Waals surface area contributed by atoms with Gasteiger partial charge in [0.15, 0.2) is 30.7 Å². The molecular formula is H28N8O12P4. The Bertz CT molecular complexity index is 379. The van der Waals surface area contributed by atoms with Gasteiger partial charge in [0.05, 0.1) is 0 Å². The Labute approximate surface area is 135 Å². The Morgan fingerprint density at radius 1 is 0.417 bits per heavy atom. The Hall–Kier alpha value is 0.280. The van der Waals surface area contributed by atoms with Gasteiger partial charge >= 0.3 is 0 Å². The number of rotatable bonds is 0. The Morgan fingerprint density at radius 3 is 0.583 bits per heavy atom. The van der Waals surface area contributed by atoms with E-state index in [4.69, 9.17) is 0 Å². The highest BCUT2D eigenvalue weighted by Crippen LogP contribution is 2.55. The summed E-state index contributed by atoms with van der Waals surface area (Å²) >= 11 is 0. The van der Waals surface area contributed by atoms with Crippen molar-refractivity contribution in [1.29, 1.82) is 0 Å². The van der Waals surface area contributed by atoms with Crippen molar-refractivity contribution in [2.24, 2.45) is 0 Å². The fraction of sp³-hybridized carbons (Fsp3) is 0. The van der Waals surface area contributed by atoms with Crippen LogP contribution in [0.1, 0.15) is 0 Å². The highest BCUT2D eigenvalue weighted by molar-refractivity contribution is 7.83. The van der Waals surface area contributed by atoms with Crippen molar-refractivity contribution in [3.05, 3.63) is 0 Å². The third-order valence-corrected chi connectivity index (χ3v) is 9.48. The number of nitrogens with one attached hydrogen (secondary N) is 4. The molecule has 1 aliphatic rings. The van der Waals surface area contributed by atoms with E-state index in [1.807, 2.05) is 0 Å². The first-order chi connectivity index (χ1) is 6.83. The second kappa shape index (κ2) is 14.4. The molecule has 0 radical (unpaired) electrons. The molecule has 20 nitrogen and oxygen atoms in total. The smallest absolute Gasteiger partial charge is 0.155 e. The van der Waals surface area contributed by atoms with Crippen molar-refractivity contribution in [1.82, 2.24) is 44.0 Å². The van der Waals surface area contributed by atoms with Gasteiger partial charge in [0.25, 0.3) is 0 Å². The molecule has 0 aliphatic carbocycles. The van der Waals surface area contributed by atoms with Gasteiger partial charge in [-0.3, -0.25) is 0 Å². The summed E-state index contributed by atoms with van der Waals surface area (Å²) in [7, 11) is -21.0. The standard InChI is InChI=1S/H8N4O8P4.4H3N.4H2O/c5-13(6)1-14(7,8)3-16(11,12)4-15(9,10)2-13;;;;;;;;/h(H8,1,2,3,4,5,6,7,8,9,10,11,12);4*1H3;4*1H2. The van der Waals surface area contributed by atoms with Crippen molar-refractivity contribution in [2.75, 3.05) is 0 Å². The summed E-state index contributed by atoms with van der Waals surface area (Å²) in [5, 5.41) is 0. The van der Waals surface area contributed by atoms with Crippen LogP contribution in [-0.4, -0.2) is 21.9 Å².